The number of rotatable bonds is 4. The summed E-state index contributed by atoms with van der Waals surface area (Å²) in [4.78, 5) is 26.0. The highest BCUT2D eigenvalue weighted by Crippen LogP contribution is 2.04. The van der Waals surface area contributed by atoms with Crippen molar-refractivity contribution in [3.8, 4) is 0 Å². The first kappa shape index (κ1) is 13.5. The van der Waals surface area contributed by atoms with E-state index in [0.29, 0.717) is 6.42 Å². The lowest BCUT2D eigenvalue weighted by Gasteiger charge is -2.05. The summed E-state index contributed by atoms with van der Waals surface area (Å²) >= 11 is 0. The standard InChI is InChI=1S/C13H18N6/c1-5-10-14-8(3)16-12(18-10)7-13-17-9(4)15-11(6-2)19-13/h5-7H2,1-4H3. The van der Waals surface area contributed by atoms with Crippen LogP contribution in [-0.2, 0) is 19.3 Å². The third-order valence-corrected chi connectivity index (χ3v) is 2.63. The fraction of sp³-hybridized carbons (Fsp3) is 0.538. The summed E-state index contributed by atoms with van der Waals surface area (Å²) in [5.41, 5.74) is 0. The second-order valence-corrected chi connectivity index (χ2v) is 4.31. The maximum Gasteiger partial charge on any atom is 0.140 e. The average Bonchev–Trinajstić information content (AvgIpc) is 2.37. The quantitative estimate of drug-likeness (QED) is 0.824. The number of nitrogens with zero attached hydrogens (tertiary/aromatic N) is 6. The molecule has 6 heteroatoms. The maximum atomic E-state index is 4.41. The van der Waals surface area contributed by atoms with E-state index in [1.807, 2.05) is 27.7 Å². The van der Waals surface area contributed by atoms with Crippen LogP contribution in [-0.4, -0.2) is 29.9 Å². The Labute approximate surface area is 112 Å². The molecule has 0 N–H and O–H groups in total. The van der Waals surface area contributed by atoms with E-state index in [1.165, 1.54) is 0 Å². The van der Waals surface area contributed by atoms with E-state index < -0.39 is 0 Å². The predicted octanol–water partition coefficient (Wildman–Crippen LogP) is 1.39. The van der Waals surface area contributed by atoms with Gasteiger partial charge in [0.05, 0.1) is 6.42 Å². The van der Waals surface area contributed by atoms with Crippen molar-refractivity contribution in [1.29, 1.82) is 0 Å². The van der Waals surface area contributed by atoms with Crippen molar-refractivity contribution >= 4 is 0 Å². The lowest BCUT2D eigenvalue weighted by Crippen LogP contribution is -2.10. The van der Waals surface area contributed by atoms with Crippen LogP contribution in [0.5, 0.6) is 0 Å². The molecule has 100 valence electrons. The molecule has 6 nitrogen and oxygen atoms in total. The molecule has 0 saturated carbocycles. The van der Waals surface area contributed by atoms with Crippen LogP contribution >= 0.6 is 0 Å². The van der Waals surface area contributed by atoms with E-state index >= 15 is 0 Å². The molecular weight excluding hydrogens is 240 g/mol. The monoisotopic (exact) mass is 258 g/mol. The zero-order chi connectivity index (χ0) is 13.8. The molecule has 0 fully saturated rings. The van der Waals surface area contributed by atoms with Crippen LogP contribution in [0.25, 0.3) is 0 Å². The minimum absolute atomic E-state index is 0.521. The zero-order valence-electron chi connectivity index (χ0n) is 11.8. The Hall–Kier alpha value is -1.98. The fourth-order valence-electron chi connectivity index (χ4n) is 1.81. The highest BCUT2D eigenvalue weighted by Gasteiger charge is 2.08. The Morgan fingerprint density at radius 1 is 0.579 bits per heavy atom. The molecule has 2 aromatic rings. The van der Waals surface area contributed by atoms with Crippen LogP contribution < -0.4 is 0 Å². The van der Waals surface area contributed by atoms with Crippen molar-refractivity contribution < 1.29 is 0 Å². The van der Waals surface area contributed by atoms with Crippen molar-refractivity contribution in [3.05, 3.63) is 34.9 Å². The van der Waals surface area contributed by atoms with Gasteiger partial charge in [0.15, 0.2) is 0 Å². The molecule has 0 radical (unpaired) electrons. The van der Waals surface area contributed by atoms with Crippen LogP contribution in [0.3, 0.4) is 0 Å². The van der Waals surface area contributed by atoms with Crippen LogP contribution in [0.15, 0.2) is 0 Å². The maximum absolute atomic E-state index is 4.41. The van der Waals surface area contributed by atoms with Gasteiger partial charge in [-0.25, -0.2) is 29.9 Å². The largest absolute Gasteiger partial charge is 0.218 e. The average molecular weight is 258 g/mol. The molecule has 0 unspecified atom stereocenters. The SMILES string of the molecule is CCc1nc(C)nc(Cc2nc(C)nc(CC)n2)n1. The highest BCUT2D eigenvalue weighted by atomic mass is 15.1. The second-order valence-electron chi connectivity index (χ2n) is 4.31. The molecule has 0 aliphatic heterocycles. The van der Waals surface area contributed by atoms with E-state index in [9.17, 15) is 0 Å². The number of aromatic nitrogens is 6. The fourth-order valence-corrected chi connectivity index (χ4v) is 1.81. The van der Waals surface area contributed by atoms with Crippen molar-refractivity contribution in [2.75, 3.05) is 0 Å². The van der Waals surface area contributed by atoms with E-state index in [2.05, 4.69) is 29.9 Å². The Morgan fingerprint density at radius 2 is 0.947 bits per heavy atom. The van der Waals surface area contributed by atoms with E-state index in [0.717, 1.165) is 47.8 Å². The van der Waals surface area contributed by atoms with Gasteiger partial charge in [-0.2, -0.15) is 0 Å². The van der Waals surface area contributed by atoms with E-state index in [4.69, 9.17) is 0 Å². The van der Waals surface area contributed by atoms with Gasteiger partial charge in [-0.15, -0.1) is 0 Å². The molecule has 2 heterocycles. The van der Waals surface area contributed by atoms with Crippen molar-refractivity contribution in [2.45, 2.75) is 47.0 Å². The van der Waals surface area contributed by atoms with Gasteiger partial charge < -0.3 is 0 Å². The van der Waals surface area contributed by atoms with Gasteiger partial charge in [0.25, 0.3) is 0 Å². The lowest BCUT2D eigenvalue weighted by atomic mass is 10.3. The minimum Gasteiger partial charge on any atom is -0.218 e. The Balaban J connectivity index is 2.30. The minimum atomic E-state index is 0.521. The van der Waals surface area contributed by atoms with Gasteiger partial charge >= 0.3 is 0 Å². The van der Waals surface area contributed by atoms with Gasteiger partial charge in [-0.3, -0.25) is 0 Å². The molecule has 0 spiro atoms. The van der Waals surface area contributed by atoms with Crippen molar-refractivity contribution in [1.82, 2.24) is 29.9 Å². The van der Waals surface area contributed by atoms with Gasteiger partial charge in [-0.1, -0.05) is 13.8 Å². The summed E-state index contributed by atoms with van der Waals surface area (Å²) in [5.74, 6) is 4.54. The summed E-state index contributed by atoms with van der Waals surface area (Å²) in [7, 11) is 0. The third kappa shape index (κ3) is 3.49. The molecule has 0 aromatic carbocycles. The molecular formula is C13H18N6. The third-order valence-electron chi connectivity index (χ3n) is 2.63. The van der Waals surface area contributed by atoms with Crippen LogP contribution in [0.1, 0.15) is 48.8 Å². The summed E-state index contributed by atoms with van der Waals surface area (Å²) < 4.78 is 0. The summed E-state index contributed by atoms with van der Waals surface area (Å²) in [5, 5.41) is 0. The molecule has 0 saturated heterocycles. The smallest absolute Gasteiger partial charge is 0.140 e. The predicted molar refractivity (Wildman–Crippen MR) is 70.7 cm³/mol. The molecule has 2 rings (SSSR count). The number of hydrogen-bond acceptors (Lipinski definition) is 6. The Morgan fingerprint density at radius 3 is 1.32 bits per heavy atom. The molecule has 0 aliphatic rings. The van der Waals surface area contributed by atoms with Crippen LogP contribution in [0, 0.1) is 13.8 Å². The first-order valence-corrected chi connectivity index (χ1v) is 6.51. The van der Waals surface area contributed by atoms with Crippen LogP contribution in [0.4, 0.5) is 0 Å². The van der Waals surface area contributed by atoms with Crippen molar-refractivity contribution in [2.24, 2.45) is 0 Å². The van der Waals surface area contributed by atoms with Gasteiger partial charge in [0.2, 0.25) is 0 Å². The highest BCUT2D eigenvalue weighted by molar-refractivity contribution is 5.05. The Kier molecular flexibility index (Phi) is 4.09. The first-order chi connectivity index (χ1) is 9.10. The second kappa shape index (κ2) is 5.77. The van der Waals surface area contributed by atoms with E-state index in [-0.39, 0.29) is 0 Å². The van der Waals surface area contributed by atoms with Gasteiger partial charge in [-0.05, 0) is 13.8 Å². The topological polar surface area (TPSA) is 77.3 Å². The normalized spacial score (nSPS) is 10.7. The van der Waals surface area contributed by atoms with Gasteiger partial charge in [0.1, 0.15) is 34.9 Å². The molecule has 19 heavy (non-hydrogen) atoms. The first-order valence-electron chi connectivity index (χ1n) is 6.51. The van der Waals surface area contributed by atoms with Gasteiger partial charge in [0, 0.05) is 12.8 Å². The zero-order valence-corrected chi connectivity index (χ0v) is 11.8. The molecule has 2 aromatic heterocycles. The molecule has 0 bridgehead atoms. The summed E-state index contributed by atoms with van der Waals surface area (Å²) in [6.45, 7) is 7.81. The number of hydrogen-bond donors (Lipinski definition) is 0. The molecule has 0 atom stereocenters. The number of aryl methyl sites for hydroxylation is 4. The summed E-state index contributed by atoms with van der Waals surface area (Å²) in [6, 6.07) is 0. The Bertz CT molecular complexity index is 530. The van der Waals surface area contributed by atoms with Crippen molar-refractivity contribution in [3.63, 3.8) is 0 Å². The molecule has 0 aliphatic carbocycles. The van der Waals surface area contributed by atoms with Crippen LogP contribution in [0.2, 0.25) is 0 Å². The lowest BCUT2D eigenvalue weighted by molar-refractivity contribution is 0.759. The van der Waals surface area contributed by atoms with E-state index in [1.54, 1.807) is 0 Å². The summed E-state index contributed by atoms with van der Waals surface area (Å²) in [6.07, 6.45) is 2.12. The molecule has 0 amide bonds.